The van der Waals surface area contributed by atoms with Crippen LogP contribution in [-0.2, 0) is 6.54 Å². The van der Waals surface area contributed by atoms with Crippen LogP contribution in [0.1, 0.15) is 16.1 Å². The number of nitrogens with zero attached hydrogens (tertiary/aromatic N) is 1. The topological polar surface area (TPSA) is 92.4 Å². The molecule has 0 unspecified atom stereocenters. The molecule has 3 rings (SSSR count). The number of amides is 3. The van der Waals surface area contributed by atoms with Crippen LogP contribution in [-0.4, -0.2) is 30.2 Å². The average molecular weight is 423 g/mol. The van der Waals surface area contributed by atoms with Gasteiger partial charge in [0.25, 0.3) is 5.91 Å². The largest absolute Gasteiger partial charge is 0.457 e. The Morgan fingerprint density at radius 3 is 2.53 bits per heavy atom. The molecule has 0 saturated carbocycles. The third kappa shape index (κ3) is 5.99. The number of urea groups is 1. The second-order valence-corrected chi connectivity index (χ2v) is 7.12. The molecule has 3 aromatic rings. The van der Waals surface area contributed by atoms with E-state index in [1.54, 1.807) is 37.0 Å². The fourth-order valence-electron chi connectivity index (χ4n) is 2.61. The van der Waals surface area contributed by atoms with Crippen molar-refractivity contribution >= 4 is 29.4 Å². The lowest BCUT2D eigenvalue weighted by Gasteiger charge is -2.10. The first-order valence-electron chi connectivity index (χ1n) is 9.21. The number of ether oxygens (including phenoxy) is 1. The summed E-state index contributed by atoms with van der Waals surface area (Å²) in [4.78, 5) is 29.0. The molecular weight excluding hydrogens is 400 g/mol. The summed E-state index contributed by atoms with van der Waals surface area (Å²) in [7, 11) is 1.55. The zero-order valence-corrected chi connectivity index (χ0v) is 17.5. The fraction of sp³-hybridized carbons (Fsp3) is 0.136. The van der Waals surface area contributed by atoms with Crippen LogP contribution in [0.15, 0.2) is 71.8 Å². The molecule has 1 aromatic heterocycles. The molecule has 0 saturated heterocycles. The first kappa shape index (κ1) is 21.2. The number of hydrogen-bond acceptors (Lipinski definition) is 5. The molecule has 0 fully saturated rings. The SMILES string of the molecule is CNC(=O)c1cc(Oc2cccc(CNC(=O)Nc3ccc(SC)cc3)c2)ccn1. The Morgan fingerprint density at radius 1 is 1.03 bits per heavy atom. The summed E-state index contributed by atoms with van der Waals surface area (Å²) in [6, 6.07) is 17.9. The summed E-state index contributed by atoms with van der Waals surface area (Å²) in [5.41, 5.74) is 1.88. The van der Waals surface area contributed by atoms with E-state index < -0.39 is 0 Å². The minimum absolute atomic E-state index is 0.273. The summed E-state index contributed by atoms with van der Waals surface area (Å²) < 4.78 is 5.83. The first-order valence-corrected chi connectivity index (χ1v) is 10.4. The van der Waals surface area contributed by atoms with Gasteiger partial charge in [-0.3, -0.25) is 9.78 Å². The number of carbonyl (C=O) groups excluding carboxylic acids is 2. The number of pyridine rings is 1. The van der Waals surface area contributed by atoms with Crippen molar-refractivity contribution in [2.75, 3.05) is 18.6 Å². The molecule has 3 N–H and O–H groups in total. The van der Waals surface area contributed by atoms with Crippen molar-refractivity contribution in [1.29, 1.82) is 0 Å². The third-order valence-corrected chi connectivity index (χ3v) is 4.87. The van der Waals surface area contributed by atoms with Gasteiger partial charge in [-0.15, -0.1) is 11.8 Å². The van der Waals surface area contributed by atoms with Gasteiger partial charge < -0.3 is 20.7 Å². The molecule has 0 aliphatic carbocycles. The second-order valence-electron chi connectivity index (χ2n) is 6.24. The zero-order valence-electron chi connectivity index (χ0n) is 16.6. The van der Waals surface area contributed by atoms with Crippen LogP contribution in [0.4, 0.5) is 10.5 Å². The lowest BCUT2D eigenvalue weighted by Crippen LogP contribution is -2.28. The molecule has 7 nitrogen and oxygen atoms in total. The Labute approximate surface area is 179 Å². The van der Waals surface area contributed by atoms with Crippen molar-refractivity contribution < 1.29 is 14.3 Å². The molecule has 0 aliphatic heterocycles. The Bertz CT molecular complexity index is 1020. The van der Waals surface area contributed by atoms with Crippen LogP contribution < -0.4 is 20.7 Å². The summed E-state index contributed by atoms with van der Waals surface area (Å²) in [6.45, 7) is 0.339. The van der Waals surface area contributed by atoms with E-state index >= 15 is 0 Å². The van der Waals surface area contributed by atoms with Gasteiger partial charge in [-0.25, -0.2) is 4.79 Å². The number of nitrogens with one attached hydrogen (secondary N) is 3. The Kier molecular flexibility index (Phi) is 7.29. The van der Waals surface area contributed by atoms with Crippen LogP contribution in [0, 0.1) is 0 Å². The molecule has 0 atom stereocenters. The highest BCUT2D eigenvalue weighted by atomic mass is 32.2. The van der Waals surface area contributed by atoms with Crippen molar-refractivity contribution in [3.63, 3.8) is 0 Å². The number of carbonyl (C=O) groups is 2. The van der Waals surface area contributed by atoms with E-state index in [0.29, 0.717) is 18.0 Å². The Morgan fingerprint density at radius 2 is 1.80 bits per heavy atom. The van der Waals surface area contributed by atoms with E-state index in [1.807, 2.05) is 48.7 Å². The van der Waals surface area contributed by atoms with Gasteiger partial charge in [-0.2, -0.15) is 0 Å². The average Bonchev–Trinajstić information content (AvgIpc) is 2.78. The summed E-state index contributed by atoms with van der Waals surface area (Å²) in [5.74, 6) is 0.809. The van der Waals surface area contributed by atoms with Crippen LogP contribution in [0.25, 0.3) is 0 Å². The zero-order chi connectivity index (χ0) is 21.3. The molecule has 154 valence electrons. The van der Waals surface area contributed by atoms with Crippen LogP contribution in [0.2, 0.25) is 0 Å². The van der Waals surface area contributed by atoms with E-state index in [9.17, 15) is 9.59 Å². The number of anilines is 1. The van der Waals surface area contributed by atoms with E-state index in [1.165, 1.54) is 6.20 Å². The summed E-state index contributed by atoms with van der Waals surface area (Å²) in [6.07, 6.45) is 3.52. The normalized spacial score (nSPS) is 10.2. The van der Waals surface area contributed by atoms with Gasteiger partial charge in [0.2, 0.25) is 0 Å². The van der Waals surface area contributed by atoms with E-state index in [0.717, 1.165) is 16.1 Å². The molecule has 0 aliphatic rings. The van der Waals surface area contributed by atoms with Crippen LogP contribution >= 0.6 is 11.8 Å². The molecule has 0 spiro atoms. The maximum Gasteiger partial charge on any atom is 0.319 e. The quantitative estimate of drug-likeness (QED) is 0.494. The fourth-order valence-corrected chi connectivity index (χ4v) is 3.02. The van der Waals surface area contributed by atoms with Gasteiger partial charge in [-0.1, -0.05) is 12.1 Å². The molecule has 2 aromatic carbocycles. The number of rotatable bonds is 7. The monoisotopic (exact) mass is 422 g/mol. The van der Waals surface area contributed by atoms with Crippen LogP contribution in [0.3, 0.4) is 0 Å². The molecule has 8 heteroatoms. The predicted octanol–water partition coefficient (Wildman–Crippen LogP) is 4.28. The lowest BCUT2D eigenvalue weighted by molar-refractivity contribution is 0.0958. The van der Waals surface area contributed by atoms with E-state index in [4.69, 9.17) is 4.74 Å². The third-order valence-electron chi connectivity index (χ3n) is 4.13. The molecule has 30 heavy (non-hydrogen) atoms. The van der Waals surface area contributed by atoms with E-state index in [2.05, 4.69) is 20.9 Å². The minimum atomic E-state index is -0.289. The number of hydrogen-bond donors (Lipinski definition) is 3. The maximum atomic E-state index is 12.1. The van der Waals surface area contributed by atoms with Gasteiger partial charge in [0.1, 0.15) is 17.2 Å². The van der Waals surface area contributed by atoms with Crippen molar-refractivity contribution in [3.8, 4) is 11.5 Å². The van der Waals surface area contributed by atoms with E-state index in [-0.39, 0.29) is 17.6 Å². The molecule has 3 amide bonds. The molecule has 0 bridgehead atoms. The van der Waals surface area contributed by atoms with Crippen molar-refractivity contribution in [3.05, 3.63) is 78.1 Å². The highest BCUT2D eigenvalue weighted by molar-refractivity contribution is 7.98. The van der Waals surface area contributed by atoms with Gasteiger partial charge in [0.15, 0.2) is 0 Å². The van der Waals surface area contributed by atoms with Crippen molar-refractivity contribution in [2.45, 2.75) is 11.4 Å². The van der Waals surface area contributed by atoms with Gasteiger partial charge in [0, 0.05) is 36.4 Å². The highest BCUT2D eigenvalue weighted by Gasteiger charge is 2.08. The lowest BCUT2D eigenvalue weighted by atomic mass is 10.2. The highest BCUT2D eigenvalue weighted by Crippen LogP contribution is 2.22. The smallest absolute Gasteiger partial charge is 0.319 e. The Balaban J connectivity index is 1.57. The van der Waals surface area contributed by atoms with Gasteiger partial charge in [-0.05, 0) is 54.3 Å². The van der Waals surface area contributed by atoms with Crippen molar-refractivity contribution in [2.24, 2.45) is 0 Å². The molecule has 1 heterocycles. The second kappa shape index (κ2) is 10.3. The number of aromatic nitrogens is 1. The Hall–Kier alpha value is -3.52. The van der Waals surface area contributed by atoms with Crippen LogP contribution in [0.5, 0.6) is 11.5 Å². The van der Waals surface area contributed by atoms with Gasteiger partial charge in [0.05, 0.1) is 0 Å². The number of benzene rings is 2. The van der Waals surface area contributed by atoms with Gasteiger partial charge >= 0.3 is 6.03 Å². The maximum absolute atomic E-state index is 12.1. The first-order chi connectivity index (χ1) is 14.6. The van der Waals surface area contributed by atoms with Crippen molar-refractivity contribution in [1.82, 2.24) is 15.6 Å². The summed E-state index contributed by atoms with van der Waals surface area (Å²) >= 11 is 1.65. The summed E-state index contributed by atoms with van der Waals surface area (Å²) in [5, 5.41) is 8.16. The molecular formula is C22H22N4O3S. The predicted molar refractivity (Wildman–Crippen MR) is 118 cm³/mol. The molecule has 0 radical (unpaired) electrons. The number of thioether (sulfide) groups is 1. The minimum Gasteiger partial charge on any atom is -0.457 e. The standard InChI is InChI=1S/C22H22N4O3S/c1-23-21(27)20-13-18(10-11-24-20)29-17-5-3-4-15(12-17)14-25-22(28)26-16-6-8-19(30-2)9-7-16/h3-13H,14H2,1-2H3,(H,23,27)(H2,25,26,28).